The molecule has 0 aliphatic rings. The SMILES string of the molecule is CC/C=C\C/C=C\C/C=C\C/C=C\C/C=C\C/C=C\C/C=C\C/C=C\C/C=C\C/C=C\CCCCCCCCCCCCC(=O)OC(COC(=O)CCCCCCCCCCCCCC/C=C\C/C=C\C/C=C\C/C=C\C/C=C\C/C=C\CC)COC(OCC[N+](C)(C)C)C(=O)[O-]. The number of aliphatic carboxylic acids is 1. The van der Waals surface area contributed by atoms with Crippen molar-refractivity contribution in [3.8, 4) is 0 Å². The van der Waals surface area contributed by atoms with E-state index in [0.717, 1.165) is 148 Å². The van der Waals surface area contributed by atoms with Gasteiger partial charge in [-0.3, -0.25) is 9.59 Å². The first-order valence-electron chi connectivity index (χ1n) is 38.6. The van der Waals surface area contributed by atoms with E-state index in [0.29, 0.717) is 17.4 Å². The lowest BCUT2D eigenvalue weighted by Crippen LogP contribution is -2.44. The Hall–Kier alpha value is -5.87. The third-order valence-corrected chi connectivity index (χ3v) is 15.8. The van der Waals surface area contributed by atoms with E-state index in [9.17, 15) is 19.5 Å². The number of carboxylic acid groups (broad SMARTS) is 1. The number of rotatable bonds is 69. The maximum absolute atomic E-state index is 13.0. The molecule has 0 aliphatic carbocycles. The second-order valence-corrected chi connectivity index (χ2v) is 26.2. The van der Waals surface area contributed by atoms with Crippen LogP contribution in [0.4, 0.5) is 0 Å². The van der Waals surface area contributed by atoms with Gasteiger partial charge in [0.25, 0.3) is 0 Å². The summed E-state index contributed by atoms with van der Waals surface area (Å²) in [4.78, 5) is 37.6. The van der Waals surface area contributed by atoms with E-state index in [1.165, 1.54) is 103 Å². The molecule has 0 heterocycles. The summed E-state index contributed by atoms with van der Waals surface area (Å²) in [6, 6.07) is 0. The van der Waals surface area contributed by atoms with Gasteiger partial charge >= 0.3 is 11.9 Å². The van der Waals surface area contributed by atoms with Crippen molar-refractivity contribution in [1.29, 1.82) is 0 Å². The van der Waals surface area contributed by atoms with Crippen LogP contribution >= 0.6 is 0 Å². The summed E-state index contributed by atoms with van der Waals surface area (Å²) in [6.45, 7) is 4.51. The van der Waals surface area contributed by atoms with Crippen molar-refractivity contribution in [1.82, 2.24) is 0 Å². The molecule has 2 atom stereocenters. The molecule has 0 aromatic carbocycles. The molecule has 546 valence electrons. The number of carboxylic acids is 1. The fraction of sp³-hybridized carbons (Fsp3) is 0.602. The summed E-state index contributed by atoms with van der Waals surface area (Å²) >= 11 is 0. The van der Waals surface area contributed by atoms with Crippen molar-refractivity contribution in [2.24, 2.45) is 0 Å². The zero-order valence-electron chi connectivity index (χ0n) is 62.4. The van der Waals surface area contributed by atoms with Gasteiger partial charge in [-0.1, -0.05) is 324 Å². The molecule has 0 saturated carbocycles. The summed E-state index contributed by atoms with van der Waals surface area (Å²) in [5.74, 6) is -2.30. The summed E-state index contributed by atoms with van der Waals surface area (Å²) in [7, 11) is 5.92. The average Bonchev–Trinajstić information content (AvgIpc) is 3.27. The Morgan fingerprint density at radius 3 is 0.825 bits per heavy atom. The van der Waals surface area contributed by atoms with Crippen LogP contribution in [0.5, 0.6) is 0 Å². The molecule has 0 aromatic rings. The molecular formula is C88H141NO8. The molecule has 0 saturated heterocycles. The van der Waals surface area contributed by atoms with Crippen LogP contribution < -0.4 is 5.11 Å². The van der Waals surface area contributed by atoms with Crippen molar-refractivity contribution in [3.05, 3.63) is 194 Å². The Labute approximate surface area is 595 Å². The van der Waals surface area contributed by atoms with Crippen LogP contribution in [0.3, 0.4) is 0 Å². The Balaban J connectivity index is 4.15. The average molecular weight is 1340 g/mol. The van der Waals surface area contributed by atoms with Gasteiger partial charge in [-0.05, 0) is 141 Å². The molecule has 0 spiro atoms. The number of allylic oxidation sites excluding steroid dienone is 32. The van der Waals surface area contributed by atoms with Crippen molar-refractivity contribution in [2.75, 3.05) is 47.5 Å². The van der Waals surface area contributed by atoms with Crippen LogP contribution in [0.25, 0.3) is 0 Å². The van der Waals surface area contributed by atoms with Gasteiger partial charge < -0.3 is 33.3 Å². The monoisotopic (exact) mass is 1340 g/mol. The number of hydrogen-bond donors (Lipinski definition) is 0. The number of carbonyl (C=O) groups excluding carboxylic acids is 3. The highest BCUT2D eigenvalue weighted by Gasteiger charge is 2.22. The number of unbranched alkanes of at least 4 members (excludes halogenated alkanes) is 22. The van der Waals surface area contributed by atoms with Crippen LogP contribution in [0.15, 0.2) is 194 Å². The van der Waals surface area contributed by atoms with Gasteiger partial charge in [0, 0.05) is 12.8 Å². The first-order chi connectivity index (χ1) is 47.6. The van der Waals surface area contributed by atoms with Gasteiger partial charge in [-0.2, -0.15) is 0 Å². The van der Waals surface area contributed by atoms with Gasteiger partial charge in [0.1, 0.15) is 13.2 Å². The van der Waals surface area contributed by atoms with E-state index in [1.54, 1.807) is 0 Å². The van der Waals surface area contributed by atoms with Crippen LogP contribution in [0.1, 0.15) is 284 Å². The smallest absolute Gasteiger partial charge is 0.306 e. The van der Waals surface area contributed by atoms with E-state index in [1.807, 2.05) is 21.1 Å². The minimum atomic E-state index is -1.64. The highest BCUT2D eigenvalue weighted by molar-refractivity contribution is 5.70. The molecule has 9 heteroatoms. The zero-order chi connectivity index (χ0) is 70.4. The van der Waals surface area contributed by atoms with Gasteiger partial charge in [-0.25, -0.2) is 0 Å². The van der Waals surface area contributed by atoms with Crippen LogP contribution in [-0.2, 0) is 33.3 Å². The van der Waals surface area contributed by atoms with Gasteiger partial charge in [0.15, 0.2) is 12.4 Å². The summed E-state index contributed by atoms with van der Waals surface area (Å²) < 4.78 is 22.8. The van der Waals surface area contributed by atoms with E-state index in [4.69, 9.17) is 18.9 Å². The lowest BCUT2D eigenvalue weighted by Gasteiger charge is -2.26. The van der Waals surface area contributed by atoms with Crippen molar-refractivity contribution in [3.63, 3.8) is 0 Å². The Morgan fingerprint density at radius 1 is 0.309 bits per heavy atom. The largest absolute Gasteiger partial charge is 0.545 e. The Morgan fingerprint density at radius 2 is 0.557 bits per heavy atom. The maximum atomic E-state index is 13.0. The Kier molecular flexibility index (Phi) is 71.3. The van der Waals surface area contributed by atoms with Crippen molar-refractivity contribution >= 4 is 17.9 Å². The molecule has 0 N–H and O–H groups in total. The molecule has 9 nitrogen and oxygen atoms in total. The first-order valence-corrected chi connectivity index (χ1v) is 38.6. The minimum absolute atomic E-state index is 0.138. The number of ether oxygens (including phenoxy) is 4. The third-order valence-electron chi connectivity index (χ3n) is 15.8. The molecular weight excluding hydrogens is 1200 g/mol. The van der Waals surface area contributed by atoms with Crippen LogP contribution in [-0.4, -0.2) is 82.3 Å². The fourth-order valence-corrected chi connectivity index (χ4v) is 10.0. The molecule has 0 aliphatic heterocycles. The van der Waals surface area contributed by atoms with Gasteiger partial charge in [0.2, 0.25) is 0 Å². The molecule has 0 radical (unpaired) electrons. The molecule has 0 fully saturated rings. The molecule has 97 heavy (non-hydrogen) atoms. The molecule has 0 amide bonds. The van der Waals surface area contributed by atoms with Crippen LogP contribution in [0, 0.1) is 0 Å². The molecule has 0 rings (SSSR count). The van der Waals surface area contributed by atoms with E-state index in [2.05, 4.69) is 208 Å². The van der Waals surface area contributed by atoms with E-state index >= 15 is 0 Å². The molecule has 2 unspecified atom stereocenters. The molecule has 0 bridgehead atoms. The third kappa shape index (κ3) is 77.4. The Bertz CT molecular complexity index is 2310. The van der Waals surface area contributed by atoms with E-state index in [-0.39, 0.29) is 38.6 Å². The minimum Gasteiger partial charge on any atom is -0.545 e. The highest BCUT2D eigenvalue weighted by atomic mass is 16.7. The number of hydrogen-bond acceptors (Lipinski definition) is 8. The zero-order valence-corrected chi connectivity index (χ0v) is 62.4. The number of nitrogens with zero attached hydrogens (tertiary/aromatic N) is 1. The van der Waals surface area contributed by atoms with E-state index < -0.39 is 24.3 Å². The van der Waals surface area contributed by atoms with Crippen molar-refractivity contribution < 1.29 is 42.9 Å². The first kappa shape index (κ1) is 91.1. The molecule has 0 aromatic heterocycles. The maximum Gasteiger partial charge on any atom is 0.306 e. The van der Waals surface area contributed by atoms with Gasteiger partial charge in [-0.15, -0.1) is 0 Å². The lowest BCUT2D eigenvalue weighted by molar-refractivity contribution is -0.870. The second kappa shape index (κ2) is 75.9. The number of likely N-dealkylation sites (N-methyl/N-ethyl adjacent to an activating group) is 1. The van der Waals surface area contributed by atoms with Crippen LogP contribution in [0.2, 0.25) is 0 Å². The highest BCUT2D eigenvalue weighted by Crippen LogP contribution is 2.16. The predicted octanol–water partition coefficient (Wildman–Crippen LogP) is 23.6. The topological polar surface area (TPSA) is 111 Å². The predicted molar refractivity (Wildman–Crippen MR) is 416 cm³/mol. The summed E-state index contributed by atoms with van der Waals surface area (Å²) in [6.07, 6.45) is 114. The number of quaternary nitrogens is 1. The lowest BCUT2D eigenvalue weighted by atomic mass is 10.0. The quantitative estimate of drug-likeness (QED) is 0.0195. The number of carbonyl (C=O) groups is 3. The standard InChI is InChI=1S/C88H141NO8/c1-6-8-10-12-14-16-18-20-22-24-26-28-30-32-34-36-38-39-40-41-42-43-44-45-46-47-49-51-53-55-57-59-61-63-65-67-69-71-73-75-77-79-86(91)97-84(83-96-88(87(92)93)94-81-80-89(3,4)5)82-95-85(90)78-76-74-72-70-68-66-64-62-60-58-56-54-52-50-48-37-35-33-31-29-27-25-23-21-19-17-15-13-11-9-7-2/h8-11,14-17,20-23,26-29,32-35,38-39,41-42,44-45,47-50,53,55,84,88H,6-7,12-13,18-19,24-25,30-31,36-37,40,43,46,51-52,54,56-83H2,1-5H3/b10-8-,11-9-,16-14-,17-15-,22-20-,23-21-,28-26-,29-27-,34-32-,35-33-,39-38-,42-41-,45-44-,49-47-,50-48-,55-53-. The van der Waals surface area contributed by atoms with Crippen molar-refractivity contribution in [2.45, 2.75) is 296 Å². The number of esters is 2. The van der Waals surface area contributed by atoms with Gasteiger partial charge in [0.05, 0.1) is 40.3 Å². The fourth-order valence-electron chi connectivity index (χ4n) is 10.0. The normalized spacial score (nSPS) is 13.8. The second-order valence-electron chi connectivity index (χ2n) is 26.2. The summed E-state index contributed by atoms with van der Waals surface area (Å²) in [5.41, 5.74) is 0. The summed E-state index contributed by atoms with van der Waals surface area (Å²) in [5, 5.41) is 11.9.